The monoisotopic (exact) mass is 325 g/mol. The minimum absolute atomic E-state index is 0.0683. The molecule has 1 aliphatic rings. The molecule has 1 heterocycles. The summed E-state index contributed by atoms with van der Waals surface area (Å²) in [5.74, 6) is -1.31. The second kappa shape index (κ2) is 5.26. The Kier molecular flexibility index (Phi) is 3.50. The van der Waals surface area contributed by atoms with Gasteiger partial charge >= 0.3 is 6.18 Å². The number of carbonyl (C=O) groups is 1. The maximum atomic E-state index is 13.7. The summed E-state index contributed by atoms with van der Waals surface area (Å²) in [5.41, 5.74) is -0.272. The van der Waals surface area contributed by atoms with Crippen LogP contribution in [0.3, 0.4) is 0 Å². The zero-order valence-corrected chi connectivity index (χ0v) is 11.9. The summed E-state index contributed by atoms with van der Waals surface area (Å²) >= 11 is 0. The van der Waals surface area contributed by atoms with Gasteiger partial charge in [-0.3, -0.25) is 4.79 Å². The number of halogens is 4. The highest BCUT2D eigenvalue weighted by Crippen LogP contribution is 2.37. The van der Waals surface area contributed by atoms with Crippen molar-refractivity contribution in [3.8, 4) is 5.75 Å². The third-order valence-electron chi connectivity index (χ3n) is 3.71. The molecule has 7 heteroatoms. The lowest BCUT2D eigenvalue weighted by Gasteiger charge is -2.17. The Balaban J connectivity index is 1.99. The van der Waals surface area contributed by atoms with E-state index in [0.717, 1.165) is 12.1 Å². The van der Waals surface area contributed by atoms with Gasteiger partial charge in [-0.25, -0.2) is 4.39 Å². The zero-order valence-electron chi connectivity index (χ0n) is 11.9. The van der Waals surface area contributed by atoms with E-state index >= 15 is 0 Å². The Bertz CT molecular complexity index is 786. The summed E-state index contributed by atoms with van der Waals surface area (Å²) in [6, 6.07) is 7.37. The van der Waals surface area contributed by atoms with Crippen molar-refractivity contribution in [2.75, 3.05) is 12.0 Å². The number of carbonyl (C=O) groups excluding carboxylic acids is 1. The second-order valence-electron chi connectivity index (χ2n) is 5.04. The zero-order chi connectivity index (χ0) is 16.8. The molecule has 0 unspecified atom stereocenters. The molecule has 0 spiro atoms. The number of fused-ring (bicyclic) bond motifs is 1. The topological polar surface area (TPSA) is 29.5 Å². The average Bonchev–Trinajstić information content (AvgIpc) is 2.83. The Morgan fingerprint density at radius 3 is 2.52 bits per heavy atom. The Morgan fingerprint density at radius 2 is 1.91 bits per heavy atom. The van der Waals surface area contributed by atoms with E-state index in [1.54, 1.807) is 18.2 Å². The average molecular weight is 325 g/mol. The first kappa shape index (κ1) is 15.3. The SMILES string of the molecule is COc1cccc2c1CN(c1ccc(C(F)(F)F)c(F)c1)C2=O. The van der Waals surface area contributed by atoms with Gasteiger partial charge in [0.25, 0.3) is 5.91 Å². The Hall–Kier alpha value is -2.57. The first-order chi connectivity index (χ1) is 10.8. The molecule has 0 fully saturated rings. The molecule has 2 aromatic rings. The Morgan fingerprint density at radius 1 is 1.17 bits per heavy atom. The van der Waals surface area contributed by atoms with Crippen molar-refractivity contribution in [2.45, 2.75) is 12.7 Å². The van der Waals surface area contributed by atoms with Crippen LogP contribution < -0.4 is 9.64 Å². The quantitative estimate of drug-likeness (QED) is 0.781. The van der Waals surface area contributed by atoms with Gasteiger partial charge < -0.3 is 9.64 Å². The van der Waals surface area contributed by atoms with Crippen LogP contribution in [-0.2, 0) is 12.7 Å². The van der Waals surface area contributed by atoms with Gasteiger partial charge in [-0.15, -0.1) is 0 Å². The molecule has 0 saturated carbocycles. The molecule has 0 atom stereocenters. The molecule has 2 aromatic carbocycles. The number of nitrogens with zero attached hydrogens (tertiary/aromatic N) is 1. The molecule has 3 rings (SSSR count). The molecule has 0 aromatic heterocycles. The van der Waals surface area contributed by atoms with Crippen molar-refractivity contribution in [3.63, 3.8) is 0 Å². The first-order valence-electron chi connectivity index (χ1n) is 6.67. The number of hydrogen-bond acceptors (Lipinski definition) is 2. The number of hydrogen-bond donors (Lipinski definition) is 0. The number of alkyl halides is 3. The van der Waals surface area contributed by atoms with Gasteiger partial charge in [-0.1, -0.05) is 6.07 Å². The van der Waals surface area contributed by atoms with E-state index in [9.17, 15) is 22.4 Å². The van der Waals surface area contributed by atoms with Gasteiger partial charge in [0.15, 0.2) is 0 Å². The summed E-state index contributed by atoms with van der Waals surface area (Å²) in [6.45, 7) is 0.114. The minimum Gasteiger partial charge on any atom is -0.496 e. The van der Waals surface area contributed by atoms with E-state index in [0.29, 0.717) is 22.9 Å². The smallest absolute Gasteiger partial charge is 0.419 e. The maximum absolute atomic E-state index is 13.7. The second-order valence-corrected chi connectivity index (χ2v) is 5.04. The number of amides is 1. The van der Waals surface area contributed by atoms with Gasteiger partial charge in [0.2, 0.25) is 0 Å². The molecule has 0 radical (unpaired) electrons. The number of methoxy groups -OCH3 is 1. The highest BCUT2D eigenvalue weighted by molar-refractivity contribution is 6.10. The van der Waals surface area contributed by atoms with Crippen LogP contribution in [0.15, 0.2) is 36.4 Å². The van der Waals surface area contributed by atoms with E-state index in [1.807, 2.05) is 0 Å². The van der Waals surface area contributed by atoms with E-state index in [-0.39, 0.29) is 12.2 Å². The van der Waals surface area contributed by atoms with E-state index in [4.69, 9.17) is 4.74 Å². The lowest BCUT2D eigenvalue weighted by atomic mass is 10.1. The summed E-state index contributed by atoms with van der Waals surface area (Å²) in [5, 5.41) is 0. The van der Waals surface area contributed by atoms with Crippen molar-refractivity contribution in [3.05, 3.63) is 58.9 Å². The lowest BCUT2D eigenvalue weighted by Crippen LogP contribution is -2.23. The fourth-order valence-corrected chi connectivity index (χ4v) is 2.61. The number of benzene rings is 2. The highest BCUT2D eigenvalue weighted by Gasteiger charge is 2.36. The summed E-state index contributed by atoms with van der Waals surface area (Å²) < 4.78 is 56.7. The maximum Gasteiger partial charge on any atom is 0.419 e. The molecule has 0 saturated heterocycles. The van der Waals surface area contributed by atoms with E-state index in [2.05, 4.69) is 0 Å². The molecule has 23 heavy (non-hydrogen) atoms. The van der Waals surface area contributed by atoms with Crippen LogP contribution >= 0.6 is 0 Å². The van der Waals surface area contributed by atoms with Crippen molar-refractivity contribution < 1.29 is 27.1 Å². The third-order valence-corrected chi connectivity index (χ3v) is 3.71. The van der Waals surface area contributed by atoms with Crippen LogP contribution in [-0.4, -0.2) is 13.0 Å². The minimum atomic E-state index is -4.77. The first-order valence-corrected chi connectivity index (χ1v) is 6.67. The molecule has 0 aliphatic carbocycles. The molecule has 120 valence electrons. The molecule has 1 aliphatic heterocycles. The largest absolute Gasteiger partial charge is 0.496 e. The number of rotatable bonds is 2. The van der Waals surface area contributed by atoms with Gasteiger partial charge in [-0.05, 0) is 30.3 Å². The van der Waals surface area contributed by atoms with Crippen LogP contribution in [0.25, 0.3) is 0 Å². The van der Waals surface area contributed by atoms with E-state index in [1.165, 1.54) is 12.0 Å². The number of ether oxygens (including phenoxy) is 1. The summed E-state index contributed by atoms with van der Waals surface area (Å²) in [6.07, 6.45) is -4.77. The van der Waals surface area contributed by atoms with Crippen LogP contribution in [0, 0.1) is 5.82 Å². The van der Waals surface area contributed by atoms with Gasteiger partial charge in [0, 0.05) is 16.8 Å². The predicted octanol–water partition coefficient (Wildman–Crippen LogP) is 4.01. The number of anilines is 1. The third kappa shape index (κ3) is 2.52. The summed E-state index contributed by atoms with van der Waals surface area (Å²) in [4.78, 5) is 13.6. The predicted molar refractivity (Wildman–Crippen MR) is 74.9 cm³/mol. The van der Waals surface area contributed by atoms with Crippen LogP contribution in [0.2, 0.25) is 0 Å². The van der Waals surface area contributed by atoms with Crippen LogP contribution in [0.4, 0.5) is 23.2 Å². The molecule has 0 N–H and O–H groups in total. The molecule has 1 amide bonds. The van der Waals surface area contributed by atoms with Gasteiger partial charge in [0.1, 0.15) is 11.6 Å². The Labute approximate surface area is 129 Å². The van der Waals surface area contributed by atoms with Gasteiger partial charge in [-0.2, -0.15) is 13.2 Å². The fourth-order valence-electron chi connectivity index (χ4n) is 2.61. The molecule has 3 nitrogen and oxygen atoms in total. The highest BCUT2D eigenvalue weighted by atomic mass is 19.4. The van der Waals surface area contributed by atoms with Crippen molar-refractivity contribution in [2.24, 2.45) is 0 Å². The van der Waals surface area contributed by atoms with E-state index < -0.39 is 23.5 Å². The normalized spacial score (nSPS) is 14.1. The molecule has 0 bridgehead atoms. The van der Waals surface area contributed by atoms with Crippen LogP contribution in [0.5, 0.6) is 5.75 Å². The van der Waals surface area contributed by atoms with Crippen molar-refractivity contribution in [1.82, 2.24) is 0 Å². The van der Waals surface area contributed by atoms with Crippen LogP contribution in [0.1, 0.15) is 21.5 Å². The van der Waals surface area contributed by atoms with Crippen molar-refractivity contribution in [1.29, 1.82) is 0 Å². The van der Waals surface area contributed by atoms with Gasteiger partial charge in [0.05, 0.1) is 19.2 Å². The van der Waals surface area contributed by atoms with Crippen molar-refractivity contribution >= 4 is 11.6 Å². The standard InChI is InChI=1S/C16H11F4NO2/c1-23-14-4-2-3-10-11(14)8-21(15(10)22)9-5-6-12(13(17)7-9)16(18,19)20/h2-7H,8H2,1H3. The molecular formula is C16H11F4NO2. The lowest BCUT2D eigenvalue weighted by molar-refractivity contribution is -0.139. The molecular weight excluding hydrogens is 314 g/mol. The summed E-state index contributed by atoms with van der Waals surface area (Å²) in [7, 11) is 1.46. The fraction of sp³-hybridized carbons (Fsp3) is 0.188.